The molecule has 0 aliphatic carbocycles. The summed E-state index contributed by atoms with van der Waals surface area (Å²) in [6.07, 6.45) is 3.74. The fourth-order valence-corrected chi connectivity index (χ4v) is 3.34. The summed E-state index contributed by atoms with van der Waals surface area (Å²) in [4.78, 5) is 16.2. The van der Waals surface area contributed by atoms with E-state index in [1.807, 2.05) is 42.5 Å². The fraction of sp³-hybridized carbons (Fsp3) is 0.217. The van der Waals surface area contributed by atoms with Gasteiger partial charge in [0.1, 0.15) is 5.82 Å². The fourth-order valence-electron chi connectivity index (χ4n) is 3.34. The van der Waals surface area contributed by atoms with Gasteiger partial charge in [0.05, 0.1) is 5.69 Å². The average Bonchev–Trinajstić information content (AvgIpc) is 3.03. The predicted octanol–water partition coefficient (Wildman–Crippen LogP) is 4.55. The molecule has 0 bridgehead atoms. The molecule has 2 N–H and O–H groups in total. The van der Waals surface area contributed by atoms with E-state index in [-0.39, 0.29) is 6.04 Å². The van der Waals surface area contributed by atoms with Gasteiger partial charge in [0.25, 0.3) is 5.91 Å². The van der Waals surface area contributed by atoms with E-state index in [1.165, 1.54) is 11.6 Å². The molecule has 28 heavy (non-hydrogen) atoms. The standard InChI is InChI=1S/C23H25N3O2/c1-16(2)26-17(3)21(15-18-8-5-4-6-9-18)24-23(26)20-11-7-10-19(14-20)12-13-22(27)25-28/h4-14,16,28H,15H2,1-3H3,(H,25,27)/b13-12+. The molecule has 2 aromatic carbocycles. The molecule has 5 heteroatoms. The van der Waals surface area contributed by atoms with Crippen LogP contribution < -0.4 is 5.48 Å². The first-order valence-corrected chi connectivity index (χ1v) is 9.33. The van der Waals surface area contributed by atoms with Gasteiger partial charge in [-0.3, -0.25) is 10.0 Å². The molecule has 0 aliphatic heterocycles. The molecule has 0 spiro atoms. The van der Waals surface area contributed by atoms with Gasteiger partial charge in [-0.25, -0.2) is 10.5 Å². The molecule has 0 aliphatic rings. The number of nitrogens with one attached hydrogen (secondary N) is 1. The number of hydrogen-bond donors (Lipinski definition) is 2. The molecule has 0 saturated carbocycles. The van der Waals surface area contributed by atoms with Gasteiger partial charge in [0.2, 0.25) is 0 Å². The Bertz CT molecular complexity index is 988. The summed E-state index contributed by atoms with van der Waals surface area (Å²) in [5.74, 6) is 0.357. The predicted molar refractivity (Wildman–Crippen MR) is 111 cm³/mol. The van der Waals surface area contributed by atoms with E-state index in [0.717, 1.165) is 34.8 Å². The average molecular weight is 375 g/mol. The van der Waals surface area contributed by atoms with Crippen LogP contribution in [0.3, 0.4) is 0 Å². The van der Waals surface area contributed by atoms with Gasteiger partial charge in [0, 0.05) is 29.8 Å². The lowest BCUT2D eigenvalue weighted by molar-refractivity contribution is -0.124. The molecule has 1 heterocycles. The first kappa shape index (κ1) is 19.6. The number of nitrogens with zero attached hydrogens (tertiary/aromatic N) is 2. The number of hydroxylamine groups is 1. The largest absolute Gasteiger partial charge is 0.326 e. The van der Waals surface area contributed by atoms with Crippen molar-refractivity contribution < 1.29 is 10.0 Å². The lowest BCUT2D eigenvalue weighted by Gasteiger charge is -2.14. The Kier molecular flexibility index (Phi) is 6.06. The van der Waals surface area contributed by atoms with Crippen LogP contribution in [0.25, 0.3) is 17.5 Å². The zero-order chi connectivity index (χ0) is 20.1. The summed E-state index contributed by atoms with van der Waals surface area (Å²) in [6.45, 7) is 6.42. The maximum atomic E-state index is 11.2. The van der Waals surface area contributed by atoms with Crippen molar-refractivity contribution in [2.75, 3.05) is 0 Å². The Labute approximate surface area is 165 Å². The molecule has 0 radical (unpaired) electrons. The number of aromatic nitrogens is 2. The summed E-state index contributed by atoms with van der Waals surface area (Å²) in [7, 11) is 0. The first-order chi connectivity index (χ1) is 13.5. The lowest BCUT2D eigenvalue weighted by atomic mass is 10.1. The van der Waals surface area contributed by atoms with Crippen molar-refractivity contribution in [1.29, 1.82) is 0 Å². The van der Waals surface area contributed by atoms with Crippen LogP contribution in [0.4, 0.5) is 0 Å². The highest BCUT2D eigenvalue weighted by molar-refractivity contribution is 5.91. The molecule has 1 aromatic heterocycles. The van der Waals surface area contributed by atoms with Crippen molar-refractivity contribution in [3.8, 4) is 11.4 Å². The van der Waals surface area contributed by atoms with E-state index < -0.39 is 5.91 Å². The zero-order valence-corrected chi connectivity index (χ0v) is 16.4. The van der Waals surface area contributed by atoms with Crippen LogP contribution >= 0.6 is 0 Å². The second-order valence-corrected chi connectivity index (χ2v) is 7.03. The van der Waals surface area contributed by atoms with Gasteiger partial charge < -0.3 is 4.57 Å². The maximum absolute atomic E-state index is 11.2. The summed E-state index contributed by atoms with van der Waals surface area (Å²) >= 11 is 0. The quantitative estimate of drug-likeness (QED) is 0.377. The monoisotopic (exact) mass is 375 g/mol. The molecular weight excluding hydrogens is 350 g/mol. The van der Waals surface area contributed by atoms with Gasteiger partial charge in [-0.2, -0.15) is 0 Å². The molecule has 0 fully saturated rings. The van der Waals surface area contributed by atoms with Crippen LogP contribution in [-0.4, -0.2) is 20.7 Å². The van der Waals surface area contributed by atoms with Crippen LogP contribution in [0.1, 0.15) is 42.4 Å². The van der Waals surface area contributed by atoms with Crippen LogP contribution in [-0.2, 0) is 11.2 Å². The normalized spacial score (nSPS) is 11.3. The maximum Gasteiger partial charge on any atom is 0.267 e. The third-order valence-electron chi connectivity index (χ3n) is 4.66. The summed E-state index contributed by atoms with van der Waals surface area (Å²) in [6, 6.07) is 18.5. The Morgan fingerprint density at radius 2 is 1.93 bits per heavy atom. The van der Waals surface area contributed by atoms with Crippen molar-refractivity contribution in [2.24, 2.45) is 0 Å². The Morgan fingerprint density at radius 1 is 1.18 bits per heavy atom. The van der Waals surface area contributed by atoms with E-state index in [1.54, 1.807) is 11.6 Å². The molecule has 1 amide bonds. The van der Waals surface area contributed by atoms with Gasteiger partial charge in [-0.15, -0.1) is 0 Å². The molecular formula is C23H25N3O2. The minimum atomic E-state index is -0.560. The smallest absolute Gasteiger partial charge is 0.267 e. The Hall–Kier alpha value is -3.18. The summed E-state index contributed by atoms with van der Waals surface area (Å²) in [5, 5.41) is 8.63. The highest BCUT2D eigenvalue weighted by atomic mass is 16.5. The Morgan fingerprint density at radius 3 is 2.61 bits per heavy atom. The van der Waals surface area contributed by atoms with E-state index in [9.17, 15) is 4.79 Å². The van der Waals surface area contributed by atoms with Crippen molar-refractivity contribution in [1.82, 2.24) is 15.0 Å². The molecule has 0 saturated heterocycles. The van der Waals surface area contributed by atoms with Crippen molar-refractivity contribution >= 4 is 12.0 Å². The van der Waals surface area contributed by atoms with Crippen LogP contribution in [0.15, 0.2) is 60.7 Å². The van der Waals surface area contributed by atoms with Gasteiger partial charge in [-0.05, 0) is 44.0 Å². The molecule has 5 nitrogen and oxygen atoms in total. The number of carbonyl (C=O) groups is 1. The van der Waals surface area contributed by atoms with Crippen LogP contribution in [0, 0.1) is 6.92 Å². The molecule has 144 valence electrons. The molecule has 0 atom stereocenters. The third kappa shape index (κ3) is 4.38. The number of hydrogen-bond acceptors (Lipinski definition) is 3. The van der Waals surface area contributed by atoms with Gasteiger partial charge >= 0.3 is 0 Å². The van der Waals surface area contributed by atoms with E-state index >= 15 is 0 Å². The van der Waals surface area contributed by atoms with E-state index in [2.05, 4.69) is 37.5 Å². The first-order valence-electron chi connectivity index (χ1n) is 9.33. The van der Waals surface area contributed by atoms with Crippen molar-refractivity contribution in [3.63, 3.8) is 0 Å². The molecule has 3 rings (SSSR count). The van der Waals surface area contributed by atoms with Gasteiger partial charge in [-0.1, -0.05) is 48.5 Å². The highest BCUT2D eigenvalue weighted by Crippen LogP contribution is 2.28. The summed E-state index contributed by atoms with van der Waals surface area (Å²) < 4.78 is 2.25. The lowest BCUT2D eigenvalue weighted by Crippen LogP contribution is -2.14. The second kappa shape index (κ2) is 8.67. The highest BCUT2D eigenvalue weighted by Gasteiger charge is 2.17. The number of carbonyl (C=O) groups excluding carboxylic acids is 1. The minimum Gasteiger partial charge on any atom is -0.326 e. The SMILES string of the molecule is Cc1c(Cc2ccccc2)nc(-c2cccc(/C=C/C(=O)NO)c2)n1C(C)C. The number of imidazole rings is 1. The van der Waals surface area contributed by atoms with E-state index in [0.29, 0.717) is 0 Å². The second-order valence-electron chi connectivity index (χ2n) is 7.03. The van der Waals surface area contributed by atoms with Crippen LogP contribution in [0.2, 0.25) is 0 Å². The Balaban J connectivity index is 2.00. The molecule has 0 unspecified atom stereocenters. The minimum absolute atomic E-state index is 0.270. The van der Waals surface area contributed by atoms with Crippen molar-refractivity contribution in [2.45, 2.75) is 33.2 Å². The van der Waals surface area contributed by atoms with Crippen LogP contribution in [0.5, 0.6) is 0 Å². The number of amides is 1. The summed E-state index contributed by atoms with van der Waals surface area (Å²) in [5.41, 5.74) is 6.91. The van der Waals surface area contributed by atoms with Gasteiger partial charge in [0.15, 0.2) is 0 Å². The molecule has 3 aromatic rings. The third-order valence-corrected chi connectivity index (χ3v) is 4.66. The number of benzene rings is 2. The zero-order valence-electron chi connectivity index (χ0n) is 16.4. The van der Waals surface area contributed by atoms with Crippen molar-refractivity contribution in [3.05, 3.63) is 83.2 Å². The number of rotatable bonds is 6. The van der Waals surface area contributed by atoms with E-state index in [4.69, 9.17) is 10.2 Å². The topological polar surface area (TPSA) is 67.2 Å².